The van der Waals surface area contributed by atoms with Crippen molar-refractivity contribution in [3.63, 3.8) is 0 Å². The summed E-state index contributed by atoms with van der Waals surface area (Å²) < 4.78 is 2.85. The number of hydrogen-bond donors (Lipinski definition) is 0. The quantitative estimate of drug-likeness (QED) is 0.149. The monoisotopic (exact) mass is 676 g/mol. The molecule has 2 aliphatic heterocycles. The molecule has 0 atom stereocenters. The fraction of sp³-hybridized carbons (Fsp3) is 0.222. The van der Waals surface area contributed by atoms with Crippen molar-refractivity contribution in [3.8, 4) is 19.5 Å². The maximum absolute atomic E-state index is 2.52. The molecule has 46 heavy (non-hydrogen) atoms. The predicted octanol–water partition coefficient (Wildman–Crippen LogP) is 9.08. The van der Waals surface area contributed by atoms with E-state index in [1.54, 1.807) is 0 Å². The van der Waals surface area contributed by atoms with Crippen LogP contribution in [0.15, 0.2) is 108 Å². The van der Waals surface area contributed by atoms with Crippen LogP contribution in [0.3, 0.4) is 0 Å². The van der Waals surface area contributed by atoms with Crippen LogP contribution in [0, 0.1) is 0 Å². The third kappa shape index (κ3) is 5.59. The molecule has 0 unspecified atom stereocenters. The molecule has 4 nitrogen and oxygen atoms in total. The van der Waals surface area contributed by atoms with Gasteiger partial charge in [-0.1, -0.05) is 48.5 Å². The fourth-order valence-electron chi connectivity index (χ4n) is 6.84. The van der Waals surface area contributed by atoms with Crippen molar-refractivity contribution < 1.29 is 0 Å². The lowest BCUT2D eigenvalue weighted by molar-refractivity contribution is 1.06. The number of thiophene rings is 4. The highest BCUT2D eigenvalue weighted by Gasteiger charge is 2.42. The zero-order valence-electron chi connectivity index (χ0n) is 26.8. The van der Waals surface area contributed by atoms with Crippen molar-refractivity contribution in [1.82, 2.24) is 0 Å². The summed E-state index contributed by atoms with van der Waals surface area (Å²) in [6.45, 7) is 13.7. The summed E-state index contributed by atoms with van der Waals surface area (Å²) in [5.74, 6) is 0. The molecule has 0 radical (unpaired) electrons. The van der Waals surface area contributed by atoms with Crippen LogP contribution in [-0.2, 0) is 0 Å². The molecule has 6 heterocycles. The van der Waals surface area contributed by atoms with Crippen LogP contribution in [0.25, 0.3) is 19.5 Å². The minimum atomic E-state index is 0.320. The van der Waals surface area contributed by atoms with Crippen molar-refractivity contribution in [2.75, 3.05) is 45.4 Å². The summed E-state index contributed by atoms with van der Waals surface area (Å²) in [5, 5.41) is 4.30. The molecule has 0 saturated heterocycles. The lowest BCUT2D eigenvalue weighted by atomic mass is 9.71. The van der Waals surface area contributed by atoms with E-state index in [1.807, 2.05) is 45.3 Å². The van der Waals surface area contributed by atoms with E-state index < -0.39 is 0 Å². The summed E-state index contributed by atoms with van der Waals surface area (Å²) in [7, 11) is 0. The van der Waals surface area contributed by atoms with Crippen LogP contribution in [0.5, 0.6) is 0 Å². The van der Waals surface area contributed by atoms with Crippen LogP contribution in [0.2, 0.25) is 0 Å². The molecule has 0 amide bonds. The lowest BCUT2D eigenvalue weighted by Gasteiger charge is -2.27. The Bertz CT molecular complexity index is 1670. The Morgan fingerprint density at radius 2 is 0.761 bits per heavy atom. The molecule has 2 aliphatic rings. The topological polar surface area (TPSA) is 13.0 Å². The number of rotatable bonds is 8. The first-order valence-electron chi connectivity index (χ1n) is 16.2. The van der Waals surface area contributed by atoms with Gasteiger partial charge < -0.3 is 19.2 Å². The normalized spacial score (nSPS) is 13.7. The van der Waals surface area contributed by atoms with Crippen LogP contribution in [0.4, 0.5) is 22.7 Å². The molecule has 10 heteroatoms. The number of para-hydroxylation sites is 4. The summed E-state index contributed by atoms with van der Waals surface area (Å²) in [6.07, 6.45) is 0. The summed E-state index contributed by atoms with van der Waals surface area (Å²) in [4.78, 5) is 15.5. The van der Waals surface area contributed by atoms with Gasteiger partial charge >= 0.3 is 14.0 Å². The van der Waals surface area contributed by atoms with Gasteiger partial charge in [-0.25, -0.2) is 0 Å². The van der Waals surface area contributed by atoms with Crippen LogP contribution < -0.4 is 28.8 Å². The van der Waals surface area contributed by atoms with Gasteiger partial charge in [-0.3, -0.25) is 0 Å². The van der Waals surface area contributed by atoms with E-state index >= 15 is 0 Å². The van der Waals surface area contributed by atoms with Crippen molar-refractivity contribution in [2.24, 2.45) is 0 Å². The zero-order valence-corrected chi connectivity index (χ0v) is 30.1. The highest BCUT2D eigenvalue weighted by Crippen LogP contribution is 2.40. The second kappa shape index (κ2) is 13.7. The number of anilines is 4. The van der Waals surface area contributed by atoms with Gasteiger partial charge in [0.25, 0.3) is 0 Å². The molecule has 2 aromatic carbocycles. The number of fused-ring (bicyclic) bond motifs is 2. The van der Waals surface area contributed by atoms with E-state index in [1.165, 1.54) is 51.8 Å². The van der Waals surface area contributed by atoms with Crippen LogP contribution in [0.1, 0.15) is 27.7 Å². The Kier molecular flexibility index (Phi) is 9.31. The molecule has 0 spiro atoms. The van der Waals surface area contributed by atoms with E-state index in [4.69, 9.17) is 0 Å². The van der Waals surface area contributed by atoms with Gasteiger partial charge in [-0.05, 0) is 87.0 Å². The number of benzene rings is 2. The van der Waals surface area contributed by atoms with Crippen LogP contribution in [-0.4, -0.2) is 40.1 Å². The van der Waals surface area contributed by atoms with Gasteiger partial charge in [0.1, 0.15) is 0 Å². The SMILES string of the molecule is CCN1B(c2ccc(-c3cccs3)s2)N(CC)c2ccccc21.CCN1B(c2ccc(-c3cccs3)s2)N(CC)c2ccccc21. The first-order chi connectivity index (χ1) is 22.7. The van der Waals surface area contributed by atoms with E-state index in [2.05, 4.69) is 155 Å². The Morgan fingerprint density at radius 3 is 1.04 bits per heavy atom. The molecule has 0 saturated carbocycles. The molecular formula is C36H38B2N4S4. The standard InChI is InChI=1S/2C18H19BN2S2/c2*1-3-20-14-8-5-6-9-15(14)21(4-2)19(20)18-12-11-17(23-18)16-10-7-13-22-16/h2*5-13H,3-4H2,1-2H3. The van der Waals surface area contributed by atoms with Gasteiger partial charge in [0, 0.05) is 78.0 Å². The van der Waals surface area contributed by atoms with Crippen molar-refractivity contribution in [3.05, 3.63) is 108 Å². The maximum atomic E-state index is 2.52. The molecule has 0 aliphatic carbocycles. The van der Waals surface area contributed by atoms with E-state index in [0.717, 1.165) is 26.2 Å². The van der Waals surface area contributed by atoms with Gasteiger partial charge in [0.05, 0.1) is 0 Å². The first kappa shape index (κ1) is 31.2. The molecule has 0 bridgehead atoms. The Balaban J connectivity index is 0.000000147. The zero-order chi connectivity index (χ0) is 31.6. The van der Waals surface area contributed by atoms with Crippen molar-refractivity contribution in [1.29, 1.82) is 0 Å². The van der Waals surface area contributed by atoms with Gasteiger partial charge in [0.2, 0.25) is 0 Å². The number of nitrogens with zero attached hydrogens (tertiary/aromatic N) is 4. The molecule has 0 fully saturated rings. The van der Waals surface area contributed by atoms with Gasteiger partial charge in [-0.15, -0.1) is 45.3 Å². The average molecular weight is 677 g/mol. The van der Waals surface area contributed by atoms with Gasteiger partial charge in [0.15, 0.2) is 0 Å². The molecule has 6 aromatic rings. The van der Waals surface area contributed by atoms with Crippen molar-refractivity contribution in [2.45, 2.75) is 27.7 Å². The second-order valence-electron chi connectivity index (χ2n) is 11.2. The molecule has 4 aromatic heterocycles. The highest BCUT2D eigenvalue weighted by atomic mass is 32.1. The predicted molar refractivity (Wildman–Crippen MR) is 211 cm³/mol. The fourth-order valence-corrected chi connectivity index (χ4v) is 10.8. The maximum Gasteiger partial charge on any atom is 0.421 e. The van der Waals surface area contributed by atoms with Crippen molar-refractivity contribution >= 4 is 91.6 Å². The lowest BCUT2D eigenvalue weighted by Crippen LogP contribution is -2.55. The third-order valence-electron chi connectivity index (χ3n) is 8.84. The largest absolute Gasteiger partial charge is 0.421 e. The molecule has 232 valence electrons. The molecule has 8 rings (SSSR count). The van der Waals surface area contributed by atoms with E-state index in [9.17, 15) is 0 Å². The smallest absolute Gasteiger partial charge is 0.390 e. The van der Waals surface area contributed by atoms with Crippen LogP contribution >= 0.6 is 45.3 Å². The average Bonchev–Trinajstić information content (AvgIpc) is 3.93. The second-order valence-corrected chi connectivity index (χ2v) is 15.4. The minimum Gasteiger partial charge on any atom is -0.390 e. The first-order valence-corrected chi connectivity index (χ1v) is 19.6. The number of hydrogen-bond acceptors (Lipinski definition) is 8. The summed E-state index contributed by atoms with van der Waals surface area (Å²) in [5.41, 5.74) is 5.42. The van der Waals surface area contributed by atoms with Gasteiger partial charge in [-0.2, -0.15) is 0 Å². The summed E-state index contributed by atoms with van der Waals surface area (Å²) in [6, 6.07) is 35.4. The Labute approximate surface area is 290 Å². The Hall–Kier alpha value is -3.43. The van der Waals surface area contributed by atoms with E-state index in [0.29, 0.717) is 14.0 Å². The Morgan fingerprint density at radius 1 is 0.413 bits per heavy atom. The molecular weight excluding hydrogens is 638 g/mol. The highest BCUT2D eigenvalue weighted by molar-refractivity contribution is 7.30. The van der Waals surface area contributed by atoms with E-state index in [-0.39, 0.29) is 0 Å². The third-order valence-corrected chi connectivity index (χ3v) is 13.2. The molecule has 0 N–H and O–H groups in total. The minimum absolute atomic E-state index is 0.320. The summed E-state index contributed by atoms with van der Waals surface area (Å²) >= 11 is 7.48.